The van der Waals surface area contributed by atoms with E-state index in [2.05, 4.69) is 37.3 Å². The maximum Gasteiger partial charge on any atom is -0.0162 e. The van der Waals surface area contributed by atoms with Crippen molar-refractivity contribution in [2.45, 2.75) is 57.8 Å². The summed E-state index contributed by atoms with van der Waals surface area (Å²) in [5.41, 5.74) is 1.53. The molecule has 1 aromatic carbocycles. The molecule has 87 valence electrons. The lowest BCUT2D eigenvalue weighted by molar-refractivity contribution is 0.304. The molecule has 0 amide bonds. The summed E-state index contributed by atoms with van der Waals surface area (Å²) in [6.07, 6.45) is 9.94. The molecular formula is C16H23. The first-order valence-corrected chi connectivity index (χ1v) is 6.86. The van der Waals surface area contributed by atoms with Crippen LogP contribution in [-0.4, -0.2) is 0 Å². The molecule has 1 radical (unpaired) electrons. The Hall–Kier alpha value is -0.780. The molecule has 1 fully saturated rings. The highest BCUT2D eigenvalue weighted by Gasteiger charge is 2.21. The second kappa shape index (κ2) is 6.08. The van der Waals surface area contributed by atoms with Gasteiger partial charge in [-0.15, -0.1) is 0 Å². The largest absolute Gasteiger partial charge is 0.0654 e. The first-order valence-electron chi connectivity index (χ1n) is 6.86. The van der Waals surface area contributed by atoms with Crippen LogP contribution in [0.25, 0.3) is 0 Å². The quantitative estimate of drug-likeness (QED) is 0.666. The van der Waals surface area contributed by atoms with E-state index in [1.165, 1.54) is 50.5 Å². The fourth-order valence-corrected chi connectivity index (χ4v) is 2.95. The van der Waals surface area contributed by atoms with Crippen LogP contribution in [0.5, 0.6) is 0 Å². The molecular weight excluding hydrogens is 192 g/mol. The van der Waals surface area contributed by atoms with Gasteiger partial charge in [-0.25, -0.2) is 0 Å². The van der Waals surface area contributed by atoms with E-state index in [1.54, 1.807) is 0 Å². The normalized spacial score (nSPS) is 25.6. The van der Waals surface area contributed by atoms with Crippen molar-refractivity contribution in [3.63, 3.8) is 0 Å². The van der Waals surface area contributed by atoms with Gasteiger partial charge >= 0.3 is 0 Å². The van der Waals surface area contributed by atoms with E-state index in [4.69, 9.17) is 0 Å². The van der Waals surface area contributed by atoms with Gasteiger partial charge < -0.3 is 0 Å². The Labute approximate surface area is 100 Å². The zero-order chi connectivity index (χ0) is 11.2. The Morgan fingerprint density at radius 2 is 1.81 bits per heavy atom. The van der Waals surface area contributed by atoms with Crippen LogP contribution >= 0.6 is 0 Å². The second-order valence-electron chi connectivity index (χ2n) is 5.19. The number of unbranched alkanes of at least 4 members (excludes halogenated alkanes) is 1. The molecule has 0 spiro atoms. The van der Waals surface area contributed by atoms with Crippen molar-refractivity contribution in [2.75, 3.05) is 0 Å². The summed E-state index contributed by atoms with van der Waals surface area (Å²) < 4.78 is 0. The van der Waals surface area contributed by atoms with Gasteiger partial charge in [-0.2, -0.15) is 0 Å². The van der Waals surface area contributed by atoms with Crippen LogP contribution in [0, 0.1) is 12.0 Å². The molecule has 0 N–H and O–H groups in total. The first kappa shape index (κ1) is 11.7. The van der Waals surface area contributed by atoms with Gasteiger partial charge in [-0.05, 0) is 49.1 Å². The van der Waals surface area contributed by atoms with E-state index in [1.807, 2.05) is 0 Å². The Bertz CT molecular complexity index is 280. The zero-order valence-corrected chi connectivity index (χ0v) is 10.4. The van der Waals surface area contributed by atoms with E-state index < -0.39 is 0 Å². The molecule has 1 saturated carbocycles. The third kappa shape index (κ3) is 3.10. The van der Waals surface area contributed by atoms with E-state index in [0.717, 1.165) is 11.8 Å². The molecule has 0 heterocycles. The zero-order valence-electron chi connectivity index (χ0n) is 10.4. The van der Waals surface area contributed by atoms with Crippen molar-refractivity contribution in [1.29, 1.82) is 0 Å². The van der Waals surface area contributed by atoms with Crippen molar-refractivity contribution in [3.05, 3.63) is 35.9 Å². The maximum atomic E-state index is 3.11. The van der Waals surface area contributed by atoms with Crippen LogP contribution in [0.4, 0.5) is 0 Å². The fourth-order valence-electron chi connectivity index (χ4n) is 2.95. The SMILES string of the molecule is CCCCC1CCC(c2cc[c]cc2)CC1. The average Bonchev–Trinajstić information content (AvgIpc) is 2.38. The van der Waals surface area contributed by atoms with Crippen molar-refractivity contribution >= 4 is 0 Å². The molecule has 2 rings (SSSR count). The average molecular weight is 215 g/mol. The van der Waals surface area contributed by atoms with E-state index in [-0.39, 0.29) is 0 Å². The molecule has 0 unspecified atom stereocenters. The van der Waals surface area contributed by atoms with Crippen LogP contribution in [0.15, 0.2) is 24.3 Å². The highest BCUT2D eigenvalue weighted by atomic mass is 14.3. The summed E-state index contributed by atoms with van der Waals surface area (Å²) in [5, 5.41) is 0. The van der Waals surface area contributed by atoms with Crippen LogP contribution < -0.4 is 0 Å². The Balaban J connectivity index is 1.81. The van der Waals surface area contributed by atoms with Crippen LogP contribution in [0.3, 0.4) is 0 Å². The van der Waals surface area contributed by atoms with Crippen molar-refractivity contribution in [3.8, 4) is 0 Å². The van der Waals surface area contributed by atoms with Crippen molar-refractivity contribution in [1.82, 2.24) is 0 Å². The molecule has 0 nitrogen and oxygen atoms in total. The highest BCUT2D eigenvalue weighted by molar-refractivity contribution is 5.19. The smallest absolute Gasteiger partial charge is 0.0162 e. The van der Waals surface area contributed by atoms with E-state index >= 15 is 0 Å². The predicted octanol–water partition coefficient (Wildman–Crippen LogP) is 4.95. The summed E-state index contributed by atoms with van der Waals surface area (Å²) in [6, 6.07) is 11.7. The second-order valence-corrected chi connectivity index (χ2v) is 5.19. The van der Waals surface area contributed by atoms with Crippen molar-refractivity contribution in [2.24, 2.45) is 5.92 Å². The number of hydrogen-bond acceptors (Lipinski definition) is 0. The lowest BCUT2D eigenvalue weighted by Crippen LogP contribution is -2.13. The minimum Gasteiger partial charge on any atom is -0.0654 e. The lowest BCUT2D eigenvalue weighted by Gasteiger charge is -2.28. The predicted molar refractivity (Wildman–Crippen MR) is 69.5 cm³/mol. The molecule has 0 saturated heterocycles. The van der Waals surface area contributed by atoms with Crippen LogP contribution in [-0.2, 0) is 0 Å². The number of benzene rings is 1. The van der Waals surface area contributed by atoms with Gasteiger partial charge in [0, 0.05) is 0 Å². The molecule has 0 bridgehead atoms. The van der Waals surface area contributed by atoms with Crippen LogP contribution in [0.2, 0.25) is 0 Å². The Kier molecular flexibility index (Phi) is 4.44. The Morgan fingerprint density at radius 1 is 1.12 bits per heavy atom. The summed E-state index contributed by atoms with van der Waals surface area (Å²) in [5.74, 6) is 1.85. The molecule has 0 aromatic heterocycles. The molecule has 1 aliphatic rings. The van der Waals surface area contributed by atoms with Crippen molar-refractivity contribution < 1.29 is 0 Å². The van der Waals surface area contributed by atoms with Gasteiger partial charge in [0.25, 0.3) is 0 Å². The summed E-state index contributed by atoms with van der Waals surface area (Å²) in [4.78, 5) is 0. The third-order valence-corrected chi connectivity index (χ3v) is 4.03. The van der Waals surface area contributed by atoms with Gasteiger partial charge in [0.15, 0.2) is 0 Å². The molecule has 1 aromatic rings. The number of hydrogen-bond donors (Lipinski definition) is 0. The van der Waals surface area contributed by atoms with Gasteiger partial charge in [-0.1, -0.05) is 50.5 Å². The topological polar surface area (TPSA) is 0 Å². The standard InChI is InChI=1S/C16H23/c1-2-3-7-14-10-12-16(13-11-14)15-8-5-4-6-9-15/h5-6,8-9,14,16H,2-3,7,10-13H2,1H3. The van der Waals surface area contributed by atoms with Crippen LogP contribution in [0.1, 0.15) is 63.4 Å². The lowest BCUT2D eigenvalue weighted by atomic mass is 9.77. The summed E-state index contributed by atoms with van der Waals surface area (Å²) >= 11 is 0. The molecule has 0 atom stereocenters. The minimum absolute atomic E-state index is 0.826. The number of rotatable bonds is 4. The summed E-state index contributed by atoms with van der Waals surface area (Å²) in [7, 11) is 0. The monoisotopic (exact) mass is 215 g/mol. The third-order valence-electron chi connectivity index (χ3n) is 4.03. The maximum absolute atomic E-state index is 3.11. The van der Waals surface area contributed by atoms with Gasteiger partial charge in [-0.3, -0.25) is 0 Å². The highest BCUT2D eigenvalue weighted by Crippen LogP contribution is 2.37. The molecule has 0 aliphatic heterocycles. The van der Waals surface area contributed by atoms with Gasteiger partial charge in [0.05, 0.1) is 0 Å². The molecule has 16 heavy (non-hydrogen) atoms. The van der Waals surface area contributed by atoms with Gasteiger partial charge in [0.1, 0.15) is 0 Å². The van der Waals surface area contributed by atoms with E-state index in [0.29, 0.717) is 0 Å². The molecule has 1 aliphatic carbocycles. The first-order chi connectivity index (χ1) is 7.90. The van der Waals surface area contributed by atoms with Gasteiger partial charge in [0.2, 0.25) is 0 Å². The fraction of sp³-hybridized carbons (Fsp3) is 0.625. The minimum atomic E-state index is 0.826. The summed E-state index contributed by atoms with van der Waals surface area (Å²) in [6.45, 7) is 2.30. The molecule has 0 heteroatoms. The Morgan fingerprint density at radius 3 is 2.44 bits per heavy atom. The van der Waals surface area contributed by atoms with E-state index in [9.17, 15) is 0 Å².